The van der Waals surface area contributed by atoms with Gasteiger partial charge in [-0.05, 0) is 13.3 Å². The number of nitrogen functional groups attached to an aromatic ring is 1. The van der Waals surface area contributed by atoms with Gasteiger partial charge in [0.15, 0.2) is 15.0 Å². The summed E-state index contributed by atoms with van der Waals surface area (Å²) < 4.78 is 30.3. The highest BCUT2D eigenvalue weighted by atomic mass is 32.2. The summed E-state index contributed by atoms with van der Waals surface area (Å²) in [5, 5.41) is 18.6. The van der Waals surface area contributed by atoms with Crippen molar-refractivity contribution < 1.29 is 17.9 Å². The van der Waals surface area contributed by atoms with Gasteiger partial charge in [-0.3, -0.25) is 0 Å². The first-order chi connectivity index (χ1) is 13.3. The molecule has 1 aliphatic heterocycles. The molecule has 0 saturated carbocycles. The van der Waals surface area contributed by atoms with Crippen molar-refractivity contribution in [2.75, 3.05) is 23.8 Å². The maximum Gasteiger partial charge on any atom is 0.348 e. The largest absolute Gasteiger partial charge is 0.462 e. The summed E-state index contributed by atoms with van der Waals surface area (Å²) in [6.45, 7) is 1.93. The Morgan fingerprint density at radius 2 is 2.25 bits per heavy atom. The number of esters is 1. The number of ether oxygens (including phenoxy) is 1. The zero-order chi connectivity index (χ0) is 20.5. The molecule has 1 fully saturated rings. The minimum atomic E-state index is -3.02. The fourth-order valence-corrected chi connectivity index (χ4v) is 6.76. The van der Waals surface area contributed by atoms with E-state index in [-0.39, 0.29) is 34.6 Å². The summed E-state index contributed by atoms with van der Waals surface area (Å²) in [4.78, 5) is 12.5. The Morgan fingerprint density at radius 3 is 2.86 bits per heavy atom. The molecule has 1 unspecified atom stereocenters. The van der Waals surface area contributed by atoms with E-state index < -0.39 is 15.8 Å². The van der Waals surface area contributed by atoms with E-state index in [1.54, 1.807) is 18.5 Å². The quantitative estimate of drug-likeness (QED) is 0.523. The third-order valence-corrected chi connectivity index (χ3v) is 8.27. The lowest BCUT2D eigenvalue weighted by molar-refractivity contribution is 0.0531. The third kappa shape index (κ3) is 4.01. The van der Waals surface area contributed by atoms with Gasteiger partial charge in [0, 0.05) is 24.3 Å². The molecule has 2 aromatic rings. The maximum absolute atomic E-state index is 12.2. The van der Waals surface area contributed by atoms with Crippen LogP contribution in [0.3, 0.4) is 0 Å². The Kier molecular flexibility index (Phi) is 5.97. The number of rotatable bonds is 6. The minimum absolute atomic E-state index is 0.0797. The Bertz CT molecular complexity index is 1050. The zero-order valence-corrected chi connectivity index (χ0v) is 17.8. The summed E-state index contributed by atoms with van der Waals surface area (Å²) in [6, 6.07) is 2.05. The third-order valence-electron chi connectivity index (χ3n) is 4.42. The van der Waals surface area contributed by atoms with Crippen molar-refractivity contribution in [3.05, 3.63) is 21.8 Å². The fourth-order valence-electron chi connectivity index (χ4n) is 3.05. The van der Waals surface area contributed by atoms with Crippen molar-refractivity contribution >= 4 is 43.9 Å². The van der Waals surface area contributed by atoms with Gasteiger partial charge in [0.1, 0.15) is 21.8 Å². The number of thioether (sulfide) groups is 1. The van der Waals surface area contributed by atoms with Gasteiger partial charge in [0.2, 0.25) is 0 Å². The average molecular weight is 442 g/mol. The number of carbonyl (C=O) groups is 1. The van der Waals surface area contributed by atoms with E-state index in [0.717, 1.165) is 11.3 Å². The first-order valence-electron chi connectivity index (χ1n) is 8.48. The zero-order valence-electron chi connectivity index (χ0n) is 15.3. The van der Waals surface area contributed by atoms with E-state index in [1.165, 1.54) is 11.8 Å². The van der Waals surface area contributed by atoms with E-state index in [9.17, 15) is 18.5 Å². The summed E-state index contributed by atoms with van der Waals surface area (Å²) in [7, 11) is -1.24. The molecule has 0 aliphatic carbocycles. The number of nitrogens with zero attached hydrogens (tertiary/aromatic N) is 4. The normalized spacial score (nSPS) is 18.1. The Morgan fingerprint density at radius 1 is 1.50 bits per heavy atom. The molecular formula is C16H19N5O4S3. The molecule has 3 heterocycles. The molecule has 28 heavy (non-hydrogen) atoms. The summed E-state index contributed by atoms with van der Waals surface area (Å²) >= 11 is 2.34. The smallest absolute Gasteiger partial charge is 0.348 e. The second-order valence-corrected chi connectivity index (χ2v) is 10.5. The van der Waals surface area contributed by atoms with Crippen LogP contribution in [0.2, 0.25) is 0 Å². The van der Waals surface area contributed by atoms with Gasteiger partial charge < -0.3 is 15.0 Å². The van der Waals surface area contributed by atoms with E-state index in [1.807, 2.05) is 6.07 Å². The predicted octanol–water partition coefficient (Wildman–Crippen LogP) is 1.70. The van der Waals surface area contributed by atoms with Gasteiger partial charge in [-0.25, -0.2) is 13.2 Å². The van der Waals surface area contributed by atoms with E-state index >= 15 is 0 Å². The summed E-state index contributed by atoms with van der Waals surface area (Å²) in [5.41, 5.74) is 6.67. The lowest BCUT2D eigenvalue weighted by atomic mass is 10.1. The molecule has 0 aromatic carbocycles. The molecule has 150 valence electrons. The minimum Gasteiger partial charge on any atom is -0.462 e. The van der Waals surface area contributed by atoms with Gasteiger partial charge in [0.05, 0.1) is 23.7 Å². The molecule has 9 nitrogen and oxygen atoms in total. The van der Waals surface area contributed by atoms with Gasteiger partial charge in [-0.2, -0.15) is 5.26 Å². The van der Waals surface area contributed by atoms with Crippen LogP contribution in [0.15, 0.2) is 5.16 Å². The number of hydrogen-bond donors (Lipinski definition) is 1. The first kappa shape index (κ1) is 20.6. The molecule has 2 N–H and O–H groups in total. The summed E-state index contributed by atoms with van der Waals surface area (Å²) in [6.07, 6.45) is 0.533. The number of hydrogen-bond acceptors (Lipinski definition) is 10. The molecule has 1 saturated heterocycles. The van der Waals surface area contributed by atoms with Crippen LogP contribution in [0.4, 0.5) is 5.00 Å². The highest BCUT2D eigenvalue weighted by molar-refractivity contribution is 7.98. The first-order valence-corrected chi connectivity index (χ1v) is 12.1. The standard InChI is InChI=1S/C16H19N5O4S3/c1-3-25-15(22)12-11(10(6-17)13(18)27-12)7-26-16-20-19-14(21(16)2)9-4-5-28(23,24)8-9/h9H,3-5,7-8,18H2,1-2H3. The van der Waals surface area contributed by atoms with Crippen molar-refractivity contribution in [3.63, 3.8) is 0 Å². The summed E-state index contributed by atoms with van der Waals surface area (Å²) in [5.74, 6) is 0.482. The molecule has 3 rings (SSSR count). The van der Waals surface area contributed by atoms with E-state index in [0.29, 0.717) is 33.6 Å². The topological polar surface area (TPSA) is 141 Å². The van der Waals surface area contributed by atoms with Gasteiger partial charge in [-0.1, -0.05) is 11.8 Å². The molecule has 1 aliphatic rings. The van der Waals surface area contributed by atoms with Crippen LogP contribution in [-0.4, -0.2) is 47.3 Å². The van der Waals surface area contributed by atoms with Crippen LogP contribution >= 0.6 is 23.1 Å². The number of sulfone groups is 1. The monoisotopic (exact) mass is 441 g/mol. The van der Waals surface area contributed by atoms with E-state index in [4.69, 9.17) is 10.5 Å². The number of nitriles is 1. The fraction of sp³-hybridized carbons (Fsp3) is 0.500. The number of aromatic nitrogens is 3. The number of carbonyl (C=O) groups excluding carboxylic acids is 1. The van der Waals surface area contributed by atoms with Gasteiger partial charge in [0.25, 0.3) is 0 Å². The highest BCUT2D eigenvalue weighted by Crippen LogP contribution is 2.36. The molecule has 0 spiro atoms. The average Bonchev–Trinajstić information content (AvgIpc) is 3.28. The molecule has 12 heteroatoms. The van der Waals surface area contributed by atoms with Crippen LogP contribution in [0.25, 0.3) is 0 Å². The molecule has 0 bridgehead atoms. The molecule has 2 aromatic heterocycles. The Hall–Kier alpha value is -2.10. The van der Waals surface area contributed by atoms with Crippen LogP contribution in [-0.2, 0) is 27.4 Å². The van der Waals surface area contributed by atoms with Gasteiger partial charge >= 0.3 is 5.97 Å². The van der Waals surface area contributed by atoms with Crippen molar-refractivity contribution in [1.29, 1.82) is 5.26 Å². The Balaban J connectivity index is 1.82. The SMILES string of the molecule is CCOC(=O)c1sc(N)c(C#N)c1CSc1nnc(C2CCS(=O)(=O)C2)n1C. The number of anilines is 1. The lowest BCUT2D eigenvalue weighted by Crippen LogP contribution is -2.09. The lowest BCUT2D eigenvalue weighted by Gasteiger charge is -2.08. The molecule has 1 atom stereocenters. The second-order valence-electron chi connectivity index (χ2n) is 6.27. The molecule has 0 amide bonds. The maximum atomic E-state index is 12.2. The second kappa shape index (κ2) is 8.10. The van der Waals surface area contributed by atoms with Crippen molar-refractivity contribution in [2.45, 2.75) is 30.2 Å². The molecule has 0 radical (unpaired) electrons. The Labute approximate surface area is 170 Å². The van der Waals surface area contributed by atoms with Crippen molar-refractivity contribution in [2.24, 2.45) is 7.05 Å². The van der Waals surface area contributed by atoms with Crippen LogP contribution in [0.5, 0.6) is 0 Å². The number of nitrogens with two attached hydrogens (primary N) is 1. The predicted molar refractivity (Wildman–Crippen MR) is 106 cm³/mol. The molecular weight excluding hydrogens is 422 g/mol. The van der Waals surface area contributed by atoms with E-state index in [2.05, 4.69) is 10.2 Å². The van der Waals surface area contributed by atoms with Crippen LogP contribution < -0.4 is 5.73 Å². The van der Waals surface area contributed by atoms with Gasteiger partial charge in [-0.15, -0.1) is 21.5 Å². The van der Waals surface area contributed by atoms with Crippen LogP contribution in [0.1, 0.15) is 45.9 Å². The van der Waals surface area contributed by atoms with Crippen molar-refractivity contribution in [3.8, 4) is 6.07 Å². The van der Waals surface area contributed by atoms with Crippen molar-refractivity contribution in [1.82, 2.24) is 14.8 Å². The number of thiophene rings is 1. The highest BCUT2D eigenvalue weighted by Gasteiger charge is 2.32. The van der Waals surface area contributed by atoms with Crippen LogP contribution in [0, 0.1) is 11.3 Å².